The van der Waals surface area contributed by atoms with Crippen LogP contribution in [0.2, 0.25) is 0 Å². The Kier molecular flexibility index (Phi) is 5.68. The predicted octanol–water partition coefficient (Wildman–Crippen LogP) is 3.14. The van der Waals surface area contributed by atoms with Gasteiger partial charge in [0.05, 0.1) is 10.1 Å². The Bertz CT molecular complexity index is 715. The molecule has 0 aromatic carbocycles. The lowest BCUT2D eigenvalue weighted by atomic mass is 9.78. The van der Waals surface area contributed by atoms with E-state index in [-0.39, 0.29) is 17.2 Å². The van der Waals surface area contributed by atoms with Crippen LogP contribution in [0.25, 0.3) is 10.7 Å². The summed E-state index contributed by atoms with van der Waals surface area (Å²) < 4.78 is 1.46. The minimum Gasteiger partial charge on any atom is -0.352 e. The molecule has 4 atom stereocenters. The van der Waals surface area contributed by atoms with E-state index in [1.54, 1.807) is 11.3 Å². The molecule has 6 nitrogen and oxygen atoms in total. The molecule has 2 aromatic rings. The Balaban J connectivity index is 1.62. The van der Waals surface area contributed by atoms with Crippen LogP contribution in [0.15, 0.2) is 22.7 Å². The van der Waals surface area contributed by atoms with Crippen molar-refractivity contribution in [3.8, 4) is 10.7 Å². The van der Waals surface area contributed by atoms with E-state index in [1.165, 1.54) is 29.3 Å². The molecule has 1 aliphatic rings. The Morgan fingerprint density at radius 1 is 1.44 bits per heavy atom. The maximum Gasteiger partial charge on any atom is 0.233 e. The number of nitrogens with two attached hydrogens (primary N) is 1. The minimum atomic E-state index is -0.271. The van der Waals surface area contributed by atoms with Gasteiger partial charge in [-0.15, -0.1) is 21.5 Å². The molecule has 3 N–H and O–H groups in total. The van der Waals surface area contributed by atoms with Crippen LogP contribution < -0.4 is 11.2 Å². The van der Waals surface area contributed by atoms with E-state index in [1.807, 2.05) is 24.4 Å². The van der Waals surface area contributed by atoms with Gasteiger partial charge < -0.3 is 11.2 Å². The van der Waals surface area contributed by atoms with Crippen molar-refractivity contribution in [2.75, 3.05) is 5.84 Å². The van der Waals surface area contributed by atoms with Gasteiger partial charge in [0.25, 0.3) is 0 Å². The van der Waals surface area contributed by atoms with Gasteiger partial charge in [-0.05, 0) is 36.6 Å². The van der Waals surface area contributed by atoms with E-state index >= 15 is 0 Å². The number of rotatable bonds is 5. The molecule has 2 heterocycles. The van der Waals surface area contributed by atoms with Crippen molar-refractivity contribution in [3.63, 3.8) is 0 Å². The van der Waals surface area contributed by atoms with Crippen molar-refractivity contribution in [2.24, 2.45) is 11.8 Å². The van der Waals surface area contributed by atoms with Gasteiger partial charge in [0, 0.05) is 6.04 Å². The van der Waals surface area contributed by atoms with Crippen molar-refractivity contribution in [1.29, 1.82) is 0 Å². The Morgan fingerprint density at radius 2 is 2.24 bits per heavy atom. The third kappa shape index (κ3) is 4.00. The van der Waals surface area contributed by atoms with Gasteiger partial charge >= 0.3 is 0 Å². The van der Waals surface area contributed by atoms with E-state index in [0.29, 0.717) is 22.8 Å². The Labute approximate surface area is 156 Å². The second kappa shape index (κ2) is 7.78. The van der Waals surface area contributed by atoms with Crippen LogP contribution in [0.4, 0.5) is 0 Å². The number of carbonyl (C=O) groups excluding carboxylic acids is 1. The zero-order chi connectivity index (χ0) is 18.0. The summed E-state index contributed by atoms with van der Waals surface area (Å²) in [6, 6.07) is 4.16. The van der Waals surface area contributed by atoms with Gasteiger partial charge in [0.1, 0.15) is 0 Å². The summed E-state index contributed by atoms with van der Waals surface area (Å²) in [5, 5.41) is 13.8. The van der Waals surface area contributed by atoms with Crippen LogP contribution in [0.3, 0.4) is 0 Å². The molecule has 0 radical (unpaired) electrons. The summed E-state index contributed by atoms with van der Waals surface area (Å²) in [6.07, 6.45) is 3.49. The largest absolute Gasteiger partial charge is 0.352 e. The van der Waals surface area contributed by atoms with Crippen molar-refractivity contribution in [2.45, 2.75) is 56.5 Å². The molecule has 136 valence electrons. The maximum absolute atomic E-state index is 12.6. The molecule has 1 amide bonds. The zero-order valence-electron chi connectivity index (χ0n) is 14.8. The molecule has 0 spiro atoms. The number of thiophene rings is 1. The second-order valence-corrected chi connectivity index (χ2v) is 9.05. The number of nitrogens with one attached hydrogen (secondary N) is 1. The Morgan fingerprint density at radius 3 is 2.96 bits per heavy atom. The van der Waals surface area contributed by atoms with E-state index < -0.39 is 0 Å². The summed E-state index contributed by atoms with van der Waals surface area (Å²) in [4.78, 5) is 13.5. The van der Waals surface area contributed by atoms with Gasteiger partial charge in [-0.25, -0.2) is 4.68 Å². The molecular weight excluding hydrogens is 354 g/mol. The highest BCUT2D eigenvalue weighted by Gasteiger charge is 2.30. The van der Waals surface area contributed by atoms with Crippen LogP contribution in [0.5, 0.6) is 0 Å². The molecule has 8 heteroatoms. The highest BCUT2D eigenvalue weighted by Crippen LogP contribution is 2.31. The van der Waals surface area contributed by atoms with Crippen molar-refractivity contribution in [3.05, 3.63) is 17.5 Å². The number of amides is 1. The number of nitrogen functional groups attached to an aromatic ring is 1. The first-order valence-electron chi connectivity index (χ1n) is 8.68. The van der Waals surface area contributed by atoms with E-state index in [4.69, 9.17) is 5.84 Å². The molecule has 1 aliphatic carbocycles. The van der Waals surface area contributed by atoms with Gasteiger partial charge in [0.15, 0.2) is 5.82 Å². The SMILES string of the molecule is C[C@H]1[C@@H](NC(=O)[C@@H](C)Sc2nnc(-c3cccs3)n2N)CCC[C@@H]1C. The average molecular weight is 380 g/mol. The maximum atomic E-state index is 12.6. The third-order valence-electron chi connectivity index (χ3n) is 5.09. The summed E-state index contributed by atoms with van der Waals surface area (Å²) in [5.41, 5.74) is 0. The number of hydrogen-bond acceptors (Lipinski definition) is 6. The summed E-state index contributed by atoms with van der Waals surface area (Å²) in [6.45, 7) is 6.39. The summed E-state index contributed by atoms with van der Waals surface area (Å²) >= 11 is 2.90. The van der Waals surface area contributed by atoms with E-state index in [2.05, 4.69) is 29.4 Å². The van der Waals surface area contributed by atoms with E-state index in [0.717, 1.165) is 11.3 Å². The number of carbonyl (C=O) groups is 1. The number of aromatic nitrogens is 3. The van der Waals surface area contributed by atoms with Crippen LogP contribution in [-0.2, 0) is 4.79 Å². The van der Waals surface area contributed by atoms with E-state index in [9.17, 15) is 4.79 Å². The first-order chi connectivity index (χ1) is 12.0. The van der Waals surface area contributed by atoms with Gasteiger partial charge in [0.2, 0.25) is 11.1 Å². The highest BCUT2D eigenvalue weighted by atomic mass is 32.2. The molecule has 0 bridgehead atoms. The van der Waals surface area contributed by atoms with Crippen LogP contribution in [-0.4, -0.2) is 32.1 Å². The highest BCUT2D eigenvalue weighted by molar-refractivity contribution is 8.00. The second-order valence-electron chi connectivity index (χ2n) is 6.80. The molecule has 0 unspecified atom stereocenters. The molecule has 3 rings (SSSR count). The van der Waals surface area contributed by atoms with Gasteiger partial charge in [-0.2, -0.15) is 0 Å². The standard InChI is InChI=1S/C17H25N5OS2/c1-10-6-4-7-13(11(10)2)19-16(23)12(3)25-17-21-20-15(22(17)18)14-8-5-9-24-14/h5,8-13H,4,6-7,18H2,1-3H3,(H,19,23)/t10-,11+,12+,13-/m0/s1. The third-order valence-corrected chi connectivity index (χ3v) is 7.01. The molecule has 2 aromatic heterocycles. The quantitative estimate of drug-likeness (QED) is 0.616. The lowest BCUT2D eigenvalue weighted by Gasteiger charge is -2.35. The summed E-state index contributed by atoms with van der Waals surface area (Å²) in [5.74, 6) is 7.94. The van der Waals surface area contributed by atoms with Crippen LogP contribution in [0.1, 0.15) is 40.0 Å². The van der Waals surface area contributed by atoms with Crippen molar-refractivity contribution < 1.29 is 4.79 Å². The van der Waals surface area contributed by atoms with Crippen molar-refractivity contribution in [1.82, 2.24) is 20.2 Å². The molecule has 0 aliphatic heterocycles. The smallest absolute Gasteiger partial charge is 0.233 e. The van der Waals surface area contributed by atoms with Crippen molar-refractivity contribution >= 4 is 29.0 Å². The number of nitrogens with zero attached hydrogens (tertiary/aromatic N) is 3. The van der Waals surface area contributed by atoms with Gasteiger partial charge in [-0.3, -0.25) is 4.79 Å². The number of thioether (sulfide) groups is 1. The lowest BCUT2D eigenvalue weighted by Crippen LogP contribution is -2.46. The number of hydrogen-bond donors (Lipinski definition) is 2. The fourth-order valence-electron chi connectivity index (χ4n) is 3.23. The molecule has 1 saturated carbocycles. The molecule has 0 saturated heterocycles. The normalized spacial score (nSPS) is 24.8. The fourth-order valence-corrected chi connectivity index (χ4v) is 4.71. The molecular formula is C17H25N5OS2. The average Bonchev–Trinajstić information content (AvgIpc) is 3.22. The monoisotopic (exact) mass is 379 g/mol. The predicted molar refractivity (Wildman–Crippen MR) is 103 cm³/mol. The van der Waals surface area contributed by atoms with Crippen LogP contribution >= 0.6 is 23.1 Å². The molecule has 1 fully saturated rings. The first kappa shape index (κ1) is 18.3. The molecule has 25 heavy (non-hydrogen) atoms. The fraction of sp³-hybridized carbons (Fsp3) is 0.588. The minimum absolute atomic E-state index is 0.0385. The topological polar surface area (TPSA) is 85.8 Å². The summed E-state index contributed by atoms with van der Waals surface area (Å²) in [7, 11) is 0. The first-order valence-corrected chi connectivity index (χ1v) is 10.4. The Hall–Kier alpha value is -1.54. The van der Waals surface area contributed by atoms with Gasteiger partial charge in [-0.1, -0.05) is 44.5 Å². The lowest BCUT2D eigenvalue weighted by molar-refractivity contribution is -0.121. The zero-order valence-corrected chi connectivity index (χ0v) is 16.4. The van der Waals surface area contributed by atoms with Crippen LogP contribution in [0, 0.1) is 11.8 Å².